The molecule has 1 unspecified atom stereocenters. The van der Waals surface area contributed by atoms with E-state index in [1.807, 2.05) is 25.7 Å². The molecule has 5 nitrogen and oxygen atoms in total. The molecule has 0 bridgehead atoms. The maximum absolute atomic E-state index is 12.3. The first-order chi connectivity index (χ1) is 8.12. The van der Waals surface area contributed by atoms with Crippen molar-refractivity contribution in [1.82, 2.24) is 9.80 Å². The number of ether oxygens (including phenoxy) is 2. The van der Waals surface area contributed by atoms with E-state index < -0.39 is 0 Å². The topological polar surface area (TPSA) is 42.0 Å². The minimum absolute atomic E-state index is 0.0524. The van der Waals surface area contributed by atoms with Crippen LogP contribution in [0.5, 0.6) is 0 Å². The quantitative estimate of drug-likeness (QED) is 0.650. The summed E-state index contributed by atoms with van der Waals surface area (Å²) >= 11 is 0. The Labute approximate surface area is 105 Å². The van der Waals surface area contributed by atoms with Gasteiger partial charge in [-0.15, -0.1) is 0 Å². The van der Waals surface area contributed by atoms with Gasteiger partial charge in [-0.25, -0.2) is 4.79 Å². The second-order valence-electron chi connectivity index (χ2n) is 3.95. The molecule has 0 aromatic heterocycles. The molecule has 0 aromatic rings. The van der Waals surface area contributed by atoms with E-state index in [2.05, 4.69) is 0 Å². The van der Waals surface area contributed by atoms with Gasteiger partial charge >= 0.3 is 6.03 Å². The maximum Gasteiger partial charge on any atom is 0.320 e. The Morgan fingerprint density at radius 3 is 2.18 bits per heavy atom. The highest BCUT2D eigenvalue weighted by Gasteiger charge is 2.23. The van der Waals surface area contributed by atoms with Crippen LogP contribution in [0.4, 0.5) is 4.79 Å². The van der Waals surface area contributed by atoms with Gasteiger partial charge in [0.15, 0.2) is 0 Å². The number of hydrogen-bond acceptors (Lipinski definition) is 3. The van der Waals surface area contributed by atoms with E-state index in [1.165, 1.54) is 0 Å². The molecule has 0 aromatic carbocycles. The molecule has 0 fully saturated rings. The van der Waals surface area contributed by atoms with Gasteiger partial charge < -0.3 is 19.3 Å². The SMILES string of the molecule is CCN(CC)C(=O)N(CCOC)C(C)COC. The van der Waals surface area contributed by atoms with Crippen molar-refractivity contribution in [1.29, 1.82) is 0 Å². The van der Waals surface area contributed by atoms with Gasteiger partial charge in [-0.1, -0.05) is 0 Å². The Morgan fingerprint density at radius 1 is 1.18 bits per heavy atom. The largest absolute Gasteiger partial charge is 0.383 e. The second kappa shape index (κ2) is 9.24. The fraction of sp³-hybridized carbons (Fsp3) is 0.917. The van der Waals surface area contributed by atoms with Crippen molar-refractivity contribution in [2.75, 3.05) is 47.1 Å². The van der Waals surface area contributed by atoms with Crippen LogP contribution in [0.3, 0.4) is 0 Å². The molecule has 0 rings (SSSR count). The second-order valence-corrected chi connectivity index (χ2v) is 3.95. The molecule has 0 aliphatic rings. The number of rotatable bonds is 8. The summed E-state index contributed by atoms with van der Waals surface area (Å²) in [6.07, 6.45) is 0. The molecule has 0 N–H and O–H groups in total. The van der Waals surface area contributed by atoms with E-state index in [0.29, 0.717) is 19.8 Å². The van der Waals surface area contributed by atoms with Crippen molar-refractivity contribution >= 4 is 6.03 Å². The first-order valence-corrected chi connectivity index (χ1v) is 6.15. The Balaban J connectivity index is 4.58. The molecule has 102 valence electrons. The van der Waals surface area contributed by atoms with Crippen molar-refractivity contribution in [2.45, 2.75) is 26.8 Å². The van der Waals surface area contributed by atoms with Crippen LogP contribution in [-0.2, 0) is 9.47 Å². The number of hydrogen-bond donors (Lipinski definition) is 0. The summed E-state index contributed by atoms with van der Waals surface area (Å²) in [6, 6.07) is 0.111. The van der Waals surface area contributed by atoms with E-state index in [0.717, 1.165) is 13.1 Å². The predicted molar refractivity (Wildman–Crippen MR) is 68.2 cm³/mol. The van der Waals surface area contributed by atoms with Crippen LogP contribution in [0, 0.1) is 0 Å². The van der Waals surface area contributed by atoms with Crippen molar-refractivity contribution < 1.29 is 14.3 Å². The fourth-order valence-corrected chi connectivity index (χ4v) is 1.70. The molecule has 17 heavy (non-hydrogen) atoms. The zero-order valence-electron chi connectivity index (χ0n) is 11.7. The van der Waals surface area contributed by atoms with Gasteiger partial charge in [0.05, 0.1) is 19.3 Å². The molecule has 0 saturated heterocycles. The summed E-state index contributed by atoms with van der Waals surface area (Å²) in [5.74, 6) is 0. The number of carbonyl (C=O) groups excluding carboxylic acids is 1. The third-order valence-corrected chi connectivity index (χ3v) is 2.76. The number of urea groups is 1. The average Bonchev–Trinajstić information content (AvgIpc) is 2.31. The van der Waals surface area contributed by atoms with Crippen LogP contribution >= 0.6 is 0 Å². The first kappa shape index (κ1) is 16.2. The number of methoxy groups -OCH3 is 2. The lowest BCUT2D eigenvalue weighted by Crippen LogP contribution is -2.49. The Hall–Kier alpha value is -0.810. The van der Waals surface area contributed by atoms with Crippen LogP contribution in [0.1, 0.15) is 20.8 Å². The lowest BCUT2D eigenvalue weighted by molar-refractivity contribution is 0.0761. The minimum Gasteiger partial charge on any atom is -0.383 e. The highest BCUT2D eigenvalue weighted by Crippen LogP contribution is 2.05. The van der Waals surface area contributed by atoms with Crippen molar-refractivity contribution in [3.63, 3.8) is 0 Å². The molecular weight excluding hydrogens is 220 g/mol. The normalized spacial score (nSPS) is 12.3. The highest BCUT2D eigenvalue weighted by atomic mass is 16.5. The molecule has 0 aliphatic heterocycles. The van der Waals surface area contributed by atoms with E-state index >= 15 is 0 Å². The molecule has 0 radical (unpaired) electrons. The van der Waals surface area contributed by atoms with E-state index in [1.54, 1.807) is 19.1 Å². The first-order valence-electron chi connectivity index (χ1n) is 6.15. The summed E-state index contributed by atoms with van der Waals surface area (Å²) in [5, 5.41) is 0. The Morgan fingerprint density at radius 2 is 1.76 bits per heavy atom. The van der Waals surface area contributed by atoms with Gasteiger partial charge in [0.1, 0.15) is 0 Å². The molecule has 0 saturated carbocycles. The lowest BCUT2D eigenvalue weighted by Gasteiger charge is -2.33. The van der Waals surface area contributed by atoms with Crippen molar-refractivity contribution in [3.8, 4) is 0 Å². The molecule has 1 atom stereocenters. The molecule has 0 aliphatic carbocycles. The summed E-state index contributed by atoms with van der Waals surface area (Å²) in [5.41, 5.74) is 0. The highest BCUT2D eigenvalue weighted by molar-refractivity contribution is 5.74. The zero-order valence-corrected chi connectivity index (χ0v) is 11.7. The molecule has 5 heteroatoms. The molecule has 0 heterocycles. The van der Waals surface area contributed by atoms with Crippen LogP contribution in [0.15, 0.2) is 0 Å². The van der Waals surface area contributed by atoms with Crippen molar-refractivity contribution in [3.05, 3.63) is 0 Å². The predicted octanol–water partition coefficient (Wildman–Crippen LogP) is 1.43. The third-order valence-electron chi connectivity index (χ3n) is 2.76. The zero-order chi connectivity index (χ0) is 13.3. The number of nitrogens with zero attached hydrogens (tertiary/aromatic N) is 2. The van der Waals surface area contributed by atoms with Gasteiger partial charge in [-0.05, 0) is 20.8 Å². The molecular formula is C12H26N2O3. The summed E-state index contributed by atoms with van der Waals surface area (Å²) in [6.45, 7) is 9.07. The minimum atomic E-state index is 0.0524. The summed E-state index contributed by atoms with van der Waals surface area (Å²) in [4.78, 5) is 15.9. The number of amides is 2. The van der Waals surface area contributed by atoms with Crippen LogP contribution in [0.25, 0.3) is 0 Å². The Bertz CT molecular complexity index is 208. The van der Waals surface area contributed by atoms with E-state index in [-0.39, 0.29) is 12.1 Å². The smallest absolute Gasteiger partial charge is 0.320 e. The van der Waals surface area contributed by atoms with Crippen LogP contribution in [0.2, 0.25) is 0 Å². The number of carbonyl (C=O) groups is 1. The van der Waals surface area contributed by atoms with Crippen LogP contribution in [-0.4, -0.2) is 68.9 Å². The summed E-state index contributed by atoms with van der Waals surface area (Å²) in [7, 11) is 3.29. The van der Waals surface area contributed by atoms with E-state index in [4.69, 9.17) is 9.47 Å². The van der Waals surface area contributed by atoms with Gasteiger partial charge in [0, 0.05) is 33.9 Å². The average molecular weight is 246 g/mol. The summed E-state index contributed by atoms with van der Waals surface area (Å²) < 4.78 is 10.2. The lowest BCUT2D eigenvalue weighted by atomic mass is 10.3. The maximum atomic E-state index is 12.3. The third kappa shape index (κ3) is 5.37. The van der Waals surface area contributed by atoms with E-state index in [9.17, 15) is 4.79 Å². The molecule has 2 amide bonds. The van der Waals surface area contributed by atoms with Gasteiger partial charge in [0.2, 0.25) is 0 Å². The van der Waals surface area contributed by atoms with Gasteiger partial charge in [-0.3, -0.25) is 0 Å². The van der Waals surface area contributed by atoms with Crippen LogP contribution < -0.4 is 0 Å². The molecule has 0 spiro atoms. The monoisotopic (exact) mass is 246 g/mol. The van der Waals surface area contributed by atoms with Crippen molar-refractivity contribution in [2.24, 2.45) is 0 Å². The fourth-order valence-electron chi connectivity index (χ4n) is 1.70. The van der Waals surface area contributed by atoms with Gasteiger partial charge in [0.25, 0.3) is 0 Å². The standard InChI is InChI=1S/C12H26N2O3/c1-6-13(7-2)12(15)14(8-9-16-4)11(3)10-17-5/h11H,6-10H2,1-5H3. The Kier molecular flexibility index (Phi) is 8.80. The van der Waals surface area contributed by atoms with Gasteiger partial charge in [-0.2, -0.15) is 0 Å².